The van der Waals surface area contributed by atoms with Crippen LogP contribution < -0.4 is 0 Å². The molecule has 1 aliphatic rings. The Morgan fingerprint density at radius 3 is 2.55 bits per heavy atom. The summed E-state index contributed by atoms with van der Waals surface area (Å²) in [4.78, 5) is 25.3. The number of benzene rings is 2. The van der Waals surface area contributed by atoms with Crippen molar-refractivity contribution in [2.75, 3.05) is 6.54 Å². The van der Waals surface area contributed by atoms with Gasteiger partial charge in [-0.3, -0.25) is 14.5 Å². The fourth-order valence-corrected chi connectivity index (χ4v) is 4.38. The first-order valence-electron chi connectivity index (χ1n) is 9.30. The largest absolute Gasteiger partial charge is 0.481 e. The minimum atomic E-state index is -0.999. The zero-order valence-electron chi connectivity index (χ0n) is 16.1. The van der Waals surface area contributed by atoms with Crippen LogP contribution in [0.2, 0.25) is 0 Å². The van der Waals surface area contributed by atoms with Crippen LogP contribution in [0.5, 0.6) is 0 Å². The van der Waals surface area contributed by atoms with Crippen LogP contribution in [-0.4, -0.2) is 42.5 Å². The quantitative estimate of drug-likeness (QED) is 0.442. The van der Waals surface area contributed by atoms with Crippen LogP contribution in [0.25, 0.3) is 23.0 Å². The second-order valence-electron chi connectivity index (χ2n) is 6.70. The first kappa shape index (κ1) is 21.0. The summed E-state index contributed by atoms with van der Waals surface area (Å²) < 4.78 is 15.4. The third-order valence-corrected chi connectivity index (χ3v) is 5.97. The zero-order chi connectivity index (χ0) is 22.0. The first-order chi connectivity index (χ1) is 14.9. The zero-order valence-corrected chi connectivity index (χ0v) is 17.7. The number of carbonyl (C=O) groups is 2. The van der Waals surface area contributed by atoms with Crippen molar-refractivity contribution >= 4 is 46.3 Å². The number of rotatable bonds is 6. The molecule has 31 heavy (non-hydrogen) atoms. The van der Waals surface area contributed by atoms with Crippen LogP contribution in [-0.2, 0) is 9.59 Å². The number of hydrogen-bond donors (Lipinski definition) is 1. The molecule has 0 saturated carbocycles. The summed E-state index contributed by atoms with van der Waals surface area (Å²) in [6.45, 7) is 0.0193. The Hall–Kier alpha value is -3.30. The molecule has 0 unspecified atom stereocenters. The van der Waals surface area contributed by atoms with Gasteiger partial charge in [-0.2, -0.15) is 5.10 Å². The van der Waals surface area contributed by atoms with Crippen LogP contribution in [0.3, 0.4) is 0 Å². The number of para-hydroxylation sites is 1. The summed E-state index contributed by atoms with van der Waals surface area (Å²) in [6.07, 6.45) is 3.29. The Balaban J connectivity index is 1.74. The summed E-state index contributed by atoms with van der Waals surface area (Å²) in [5, 5.41) is 13.5. The maximum Gasteiger partial charge on any atom is 0.305 e. The van der Waals surface area contributed by atoms with E-state index in [2.05, 4.69) is 5.10 Å². The van der Waals surface area contributed by atoms with Gasteiger partial charge in [-0.1, -0.05) is 42.2 Å². The number of carboxylic acid groups (broad SMARTS) is 1. The summed E-state index contributed by atoms with van der Waals surface area (Å²) in [6, 6.07) is 15.4. The standard InChI is InChI=1S/C22H16FN3O3S2/c23-16-8-6-14(7-9-16)20-15(13-26(24-20)17-4-2-1-3-5-17)12-18-21(29)25(22(30)31-18)11-10-19(27)28/h1-9,12-13H,10-11H2,(H,27,28). The van der Waals surface area contributed by atoms with Crippen molar-refractivity contribution in [1.82, 2.24) is 14.7 Å². The molecule has 2 heterocycles. The van der Waals surface area contributed by atoms with Crippen LogP contribution >= 0.6 is 24.0 Å². The van der Waals surface area contributed by atoms with E-state index in [0.29, 0.717) is 26.0 Å². The van der Waals surface area contributed by atoms with E-state index in [9.17, 15) is 14.0 Å². The molecule has 0 spiro atoms. The van der Waals surface area contributed by atoms with Crippen molar-refractivity contribution in [1.29, 1.82) is 0 Å². The highest BCUT2D eigenvalue weighted by Gasteiger charge is 2.32. The minimum absolute atomic E-state index is 0.0193. The van der Waals surface area contributed by atoms with E-state index < -0.39 is 5.97 Å². The molecular formula is C22H16FN3O3S2. The van der Waals surface area contributed by atoms with Gasteiger partial charge < -0.3 is 5.11 Å². The predicted octanol–water partition coefficient (Wildman–Crippen LogP) is 4.35. The van der Waals surface area contributed by atoms with Gasteiger partial charge in [0, 0.05) is 23.9 Å². The summed E-state index contributed by atoms with van der Waals surface area (Å²) in [7, 11) is 0. The maximum atomic E-state index is 13.4. The predicted molar refractivity (Wildman–Crippen MR) is 121 cm³/mol. The Labute approximate surface area is 187 Å². The lowest BCUT2D eigenvalue weighted by Gasteiger charge is -2.12. The summed E-state index contributed by atoms with van der Waals surface area (Å²) in [5.74, 6) is -1.69. The molecular weight excluding hydrogens is 437 g/mol. The van der Waals surface area contributed by atoms with Gasteiger partial charge in [-0.25, -0.2) is 9.07 Å². The number of amides is 1. The lowest BCUT2D eigenvalue weighted by atomic mass is 10.1. The van der Waals surface area contributed by atoms with Crippen molar-refractivity contribution in [3.8, 4) is 16.9 Å². The molecule has 9 heteroatoms. The highest BCUT2D eigenvalue weighted by Crippen LogP contribution is 2.35. The molecule has 1 fully saturated rings. The number of halogens is 1. The van der Waals surface area contributed by atoms with E-state index in [0.717, 1.165) is 17.4 Å². The van der Waals surface area contributed by atoms with Crippen LogP contribution in [0, 0.1) is 5.82 Å². The molecule has 0 aliphatic carbocycles. The molecule has 1 amide bonds. The normalized spacial score (nSPS) is 15.1. The van der Waals surface area contributed by atoms with Gasteiger partial charge in [-0.05, 0) is 42.5 Å². The third-order valence-electron chi connectivity index (χ3n) is 4.59. The molecule has 3 aromatic rings. The van der Waals surface area contributed by atoms with E-state index in [1.54, 1.807) is 29.1 Å². The van der Waals surface area contributed by atoms with Gasteiger partial charge in [-0.15, -0.1) is 0 Å². The number of aliphatic carboxylic acids is 1. The number of thioether (sulfide) groups is 1. The average molecular weight is 454 g/mol. The molecule has 2 aromatic carbocycles. The Morgan fingerprint density at radius 1 is 1.16 bits per heavy atom. The molecule has 1 aliphatic heterocycles. The average Bonchev–Trinajstić information content (AvgIpc) is 3.29. The van der Waals surface area contributed by atoms with Gasteiger partial charge in [0.25, 0.3) is 5.91 Å². The lowest BCUT2D eigenvalue weighted by molar-refractivity contribution is -0.137. The number of hydrogen-bond acceptors (Lipinski definition) is 5. The Morgan fingerprint density at radius 2 is 1.87 bits per heavy atom. The van der Waals surface area contributed by atoms with E-state index in [1.807, 2.05) is 30.3 Å². The summed E-state index contributed by atoms with van der Waals surface area (Å²) in [5.41, 5.74) is 2.78. The van der Waals surface area contributed by atoms with Crippen LogP contribution in [0.15, 0.2) is 65.7 Å². The smallest absolute Gasteiger partial charge is 0.305 e. The first-order valence-corrected chi connectivity index (χ1v) is 10.5. The van der Waals surface area contributed by atoms with Gasteiger partial charge in [0.2, 0.25) is 0 Å². The molecule has 1 aromatic heterocycles. The number of carboxylic acids is 1. The van der Waals surface area contributed by atoms with Crippen molar-refractivity contribution in [3.05, 3.63) is 77.1 Å². The molecule has 1 N–H and O–H groups in total. The Kier molecular flexibility index (Phi) is 5.97. The second kappa shape index (κ2) is 8.83. The van der Waals surface area contributed by atoms with Gasteiger partial charge in [0.1, 0.15) is 10.1 Å². The molecule has 0 radical (unpaired) electrons. The van der Waals surface area contributed by atoms with Crippen LogP contribution in [0.4, 0.5) is 4.39 Å². The van der Waals surface area contributed by atoms with Crippen LogP contribution in [0.1, 0.15) is 12.0 Å². The maximum absolute atomic E-state index is 13.4. The highest BCUT2D eigenvalue weighted by molar-refractivity contribution is 8.26. The molecule has 4 rings (SSSR count). The third kappa shape index (κ3) is 4.57. The fraction of sp³-hybridized carbons (Fsp3) is 0.0909. The fourth-order valence-electron chi connectivity index (χ4n) is 3.08. The topological polar surface area (TPSA) is 75.4 Å². The lowest BCUT2D eigenvalue weighted by Crippen LogP contribution is -2.30. The number of nitrogens with zero attached hydrogens (tertiary/aromatic N) is 3. The van der Waals surface area contributed by atoms with Gasteiger partial charge in [0.05, 0.1) is 22.7 Å². The van der Waals surface area contributed by atoms with Crippen molar-refractivity contribution in [2.45, 2.75) is 6.42 Å². The SMILES string of the molecule is O=C(O)CCN1C(=O)C(=Cc2cn(-c3ccccc3)nc2-c2ccc(F)cc2)SC1=S. The number of thiocarbonyl (C=S) groups is 1. The van der Waals surface area contributed by atoms with Crippen molar-refractivity contribution < 1.29 is 19.1 Å². The van der Waals surface area contributed by atoms with Gasteiger partial charge in [0.15, 0.2) is 0 Å². The number of aromatic nitrogens is 2. The molecule has 6 nitrogen and oxygen atoms in total. The Bertz CT molecular complexity index is 1190. The monoisotopic (exact) mass is 453 g/mol. The summed E-state index contributed by atoms with van der Waals surface area (Å²) >= 11 is 6.38. The second-order valence-corrected chi connectivity index (χ2v) is 8.37. The minimum Gasteiger partial charge on any atom is -0.481 e. The number of carbonyl (C=O) groups excluding carboxylic acids is 1. The highest BCUT2D eigenvalue weighted by atomic mass is 32.2. The van der Waals surface area contributed by atoms with E-state index in [4.69, 9.17) is 17.3 Å². The molecule has 0 atom stereocenters. The molecule has 156 valence electrons. The van der Waals surface area contributed by atoms with Gasteiger partial charge >= 0.3 is 5.97 Å². The van der Waals surface area contributed by atoms with E-state index >= 15 is 0 Å². The molecule has 1 saturated heterocycles. The van der Waals surface area contributed by atoms with Crippen molar-refractivity contribution in [3.63, 3.8) is 0 Å². The molecule has 0 bridgehead atoms. The van der Waals surface area contributed by atoms with E-state index in [-0.39, 0.29) is 24.7 Å². The van der Waals surface area contributed by atoms with Crippen molar-refractivity contribution in [2.24, 2.45) is 0 Å². The van der Waals surface area contributed by atoms with E-state index in [1.165, 1.54) is 17.0 Å².